The van der Waals surface area contributed by atoms with Gasteiger partial charge in [-0.1, -0.05) is 0 Å². The molecule has 14 heavy (non-hydrogen) atoms. The van der Waals surface area contributed by atoms with E-state index in [1.165, 1.54) is 6.33 Å². The van der Waals surface area contributed by atoms with Gasteiger partial charge in [-0.3, -0.25) is 9.69 Å². The molecule has 0 bridgehead atoms. The van der Waals surface area contributed by atoms with Crippen LogP contribution in [0.15, 0.2) is 6.33 Å². The SMILES string of the molecule is CCn1ncnc1CN(C)CC(=O)O. The van der Waals surface area contributed by atoms with Crippen molar-refractivity contribution in [3.63, 3.8) is 0 Å². The zero-order valence-electron chi connectivity index (χ0n) is 8.34. The van der Waals surface area contributed by atoms with Crippen LogP contribution in [0.4, 0.5) is 0 Å². The molecule has 0 saturated carbocycles. The van der Waals surface area contributed by atoms with E-state index < -0.39 is 5.97 Å². The number of rotatable bonds is 5. The first-order valence-corrected chi connectivity index (χ1v) is 4.40. The van der Waals surface area contributed by atoms with Crippen LogP contribution in [-0.4, -0.2) is 44.3 Å². The van der Waals surface area contributed by atoms with E-state index in [2.05, 4.69) is 10.1 Å². The highest BCUT2D eigenvalue weighted by molar-refractivity contribution is 5.68. The van der Waals surface area contributed by atoms with E-state index in [1.807, 2.05) is 6.92 Å². The van der Waals surface area contributed by atoms with Crippen molar-refractivity contribution in [3.8, 4) is 0 Å². The van der Waals surface area contributed by atoms with Crippen molar-refractivity contribution in [3.05, 3.63) is 12.2 Å². The molecule has 0 amide bonds. The molecule has 0 saturated heterocycles. The third-order valence-electron chi connectivity index (χ3n) is 1.81. The number of nitrogens with zero attached hydrogens (tertiary/aromatic N) is 4. The second-order valence-corrected chi connectivity index (χ2v) is 3.06. The van der Waals surface area contributed by atoms with Crippen LogP contribution in [0.1, 0.15) is 12.7 Å². The van der Waals surface area contributed by atoms with E-state index in [4.69, 9.17) is 5.11 Å². The van der Waals surface area contributed by atoms with Crippen LogP contribution in [0, 0.1) is 0 Å². The van der Waals surface area contributed by atoms with Crippen LogP contribution in [0.5, 0.6) is 0 Å². The number of likely N-dealkylation sites (N-methyl/N-ethyl adjacent to an activating group) is 1. The average molecular weight is 198 g/mol. The fraction of sp³-hybridized carbons (Fsp3) is 0.625. The molecule has 0 spiro atoms. The Bertz CT molecular complexity index is 310. The number of aliphatic carboxylic acids is 1. The van der Waals surface area contributed by atoms with Gasteiger partial charge in [-0.25, -0.2) is 9.67 Å². The normalized spacial score (nSPS) is 10.8. The Morgan fingerprint density at radius 3 is 3.00 bits per heavy atom. The van der Waals surface area contributed by atoms with Crippen LogP contribution >= 0.6 is 0 Å². The first-order valence-electron chi connectivity index (χ1n) is 4.40. The lowest BCUT2D eigenvalue weighted by atomic mass is 10.5. The molecule has 0 aliphatic rings. The zero-order chi connectivity index (χ0) is 10.6. The topological polar surface area (TPSA) is 71.2 Å². The number of carboxylic acid groups (broad SMARTS) is 1. The van der Waals surface area contributed by atoms with Crippen molar-refractivity contribution in [1.82, 2.24) is 19.7 Å². The highest BCUT2D eigenvalue weighted by atomic mass is 16.4. The summed E-state index contributed by atoms with van der Waals surface area (Å²) in [4.78, 5) is 16.1. The Morgan fingerprint density at radius 2 is 2.43 bits per heavy atom. The Hall–Kier alpha value is -1.43. The number of aryl methyl sites for hydroxylation is 1. The van der Waals surface area contributed by atoms with Crippen molar-refractivity contribution in [2.45, 2.75) is 20.0 Å². The number of carbonyl (C=O) groups is 1. The summed E-state index contributed by atoms with van der Waals surface area (Å²) in [6, 6.07) is 0. The zero-order valence-corrected chi connectivity index (χ0v) is 8.34. The van der Waals surface area contributed by atoms with Gasteiger partial charge in [0.05, 0.1) is 13.1 Å². The lowest BCUT2D eigenvalue weighted by molar-refractivity contribution is -0.138. The van der Waals surface area contributed by atoms with Crippen molar-refractivity contribution in [2.24, 2.45) is 0 Å². The maximum Gasteiger partial charge on any atom is 0.317 e. The smallest absolute Gasteiger partial charge is 0.317 e. The first kappa shape index (κ1) is 10.6. The second-order valence-electron chi connectivity index (χ2n) is 3.06. The summed E-state index contributed by atoms with van der Waals surface area (Å²) in [5, 5.41) is 12.6. The minimum absolute atomic E-state index is 0.0105. The lowest BCUT2D eigenvalue weighted by Crippen LogP contribution is -2.26. The molecule has 0 radical (unpaired) electrons. The van der Waals surface area contributed by atoms with Crippen molar-refractivity contribution < 1.29 is 9.90 Å². The van der Waals surface area contributed by atoms with Crippen LogP contribution in [-0.2, 0) is 17.9 Å². The molecule has 0 aliphatic heterocycles. The maximum absolute atomic E-state index is 10.4. The van der Waals surface area contributed by atoms with E-state index in [-0.39, 0.29) is 6.54 Å². The molecule has 0 aliphatic carbocycles. The second kappa shape index (κ2) is 4.71. The first-order chi connectivity index (χ1) is 6.63. The van der Waals surface area contributed by atoms with Gasteiger partial charge in [0.25, 0.3) is 0 Å². The molecule has 0 unspecified atom stereocenters. The summed E-state index contributed by atoms with van der Waals surface area (Å²) in [7, 11) is 1.74. The Morgan fingerprint density at radius 1 is 1.71 bits per heavy atom. The molecule has 1 heterocycles. The standard InChI is InChI=1S/C8H14N4O2/c1-3-12-7(9-6-10-12)4-11(2)5-8(13)14/h6H,3-5H2,1-2H3,(H,13,14). The summed E-state index contributed by atoms with van der Waals surface area (Å²) < 4.78 is 1.75. The van der Waals surface area contributed by atoms with Crippen LogP contribution in [0.25, 0.3) is 0 Å². The van der Waals surface area contributed by atoms with Gasteiger partial charge in [0.1, 0.15) is 12.2 Å². The van der Waals surface area contributed by atoms with E-state index in [9.17, 15) is 4.79 Å². The van der Waals surface area contributed by atoms with Crippen LogP contribution < -0.4 is 0 Å². The molecule has 78 valence electrons. The van der Waals surface area contributed by atoms with Gasteiger partial charge in [-0.15, -0.1) is 0 Å². The predicted octanol–water partition coefficient (Wildman–Crippen LogP) is -0.186. The van der Waals surface area contributed by atoms with E-state index in [0.717, 1.165) is 12.4 Å². The third-order valence-corrected chi connectivity index (χ3v) is 1.81. The van der Waals surface area contributed by atoms with E-state index in [0.29, 0.717) is 6.54 Å². The molecule has 1 N–H and O–H groups in total. The molecule has 1 aromatic rings. The fourth-order valence-electron chi connectivity index (χ4n) is 1.20. The van der Waals surface area contributed by atoms with Gasteiger partial charge in [-0.05, 0) is 14.0 Å². The maximum atomic E-state index is 10.4. The van der Waals surface area contributed by atoms with Gasteiger partial charge in [0, 0.05) is 6.54 Å². The Labute approximate surface area is 82.2 Å². The van der Waals surface area contributed by atoms with Gasteiger partial charge < -0.3 is 5.11 Å². The Balaban J connectivity index is 2.55. The number of hydrogen-bond donors (Lipinski definition) is 1. The van der Waals surface area contributed by atoms with E-state index >= 15 is 0 Å². The van der Waals surface area contributed by atoms with Crippen LogP contribution in [0.2, 0.25) is 0 Å². The summed E-state index contributed by atoms with van der Waals surface area (Å²) in [5.74, 6) is -0.0497. The molecule has 1 aromatic heterocycles. The summed E-state index contributed by atoms with van der Waals surface area (Å²) >= 11 is 0. The molecule has 1 rings (SSSR count). The molecule has 6 nitrogen and oxygen atoms in total. The average Bonchev–Trinajstić information content (AvgIpc) is 2.50. The van der Waals surface area contributed by atoms with Crippen molar-refractivity contribution >= 4 is 5.97 Å². The largest absolute Gasteiger partial charge is 0.480 e. The molecule has 0 fully saturated rings. The minimum atomic E-state index is -0.838. The number of aromatic nitrogens is 3. The molecular weight excluding hydrogens is 184 g/mol. The molecule has 0 atom stereocenters. The minimum Gasteiger partial charge on any atom is -0.480 e. The lowest BCUT2D eigenvalue weighted by Gasteiger charge is -2.13. The summed E-state index contributed by atoms with van der Waals surface area (Å²) in [5.41, 5.74) is 0. The summed E-state index contributed by atoms with van der Waals surface area (Å²) in [6.45, 7) is 3.22. The van der Waals surface area contributed by atoms with Crippen LogP contribution in [0.3, 0.4) is 0 Å². The molecule has 6 heteroatoms. The van der Waals surface area contributed by atoms with Gasteiger partial charge >= 0.3 is 5.97 Å². The van der Waals surface area contributed by atoms with Crippen molar-refractivity contribution in [2.75, 3.05) is 13.6 Å². The fourth-order valence-corrected chi connectivity index (χ4v) is 1.20. The van der Waals surface area contributed by atoms with Gasteiger partial charge in [0.15, 0.2) is 0 Å². The van der Waals surface area contributed by atoms with Gasteiger partial charge in [0.2, 0.25) is 0 Å². The predicted molar refractivity (Wildman–Crippen MR) is 49.7 cm³/mol. The van der Waals surface area contributed by atoms with Crippen molar-refractivity contribution in [1.29, 1.82) is 0 Å². The molecular formula is C8H14N4O2. The quantitative estimate of drug-likeness (QED) is 0.710. The third kappa shape index (κ3) is 2.81. The molecule has 0 aromatic carbocycles. The number of carboxylic acids is 1. The summed E-state index contributed by atoms with van der Waals surface area (Å²) in [6.07, 6.45) is 1.48. The van der Waals surface area contributed by atoms with E-state index in [1.54, 1.807) is 16.6 Å². The number of hydrogen-bond acceptors (Lipinski definition) is 4. The highest BCUT2D eigenvalue weighted by Crippen LogP contribution is 1.98. The highest BCUT2D eigenvalue weighted by Gasteiger charge is 2.08. The monoisotopic (exact) mass is 198 g/mol. The Kier molecular flexibility index (Phi) is 3.58. The van der Waals surface area contributed by atoms with Gasteiger partial charge in [-0.2, -0.15) is 5.10 Å².